The first-order chi connectivity index (χ1) is 9.06. The standard InChI is InChI=1S/C14H14ClFN2O/c1-9(17)7-10-3-2-6-18-14(10)19-11-4-5-12(15)13(16)8-11/h2-6,8-9H,7,17H2,1H3. The van der Waals surface area contributed by atoms with E-state index in [0.717, 1.165) is 5.56 Å². The van der Waals surface area contributed by atoms with E-state index < -0.39 is 5.82 Å². The van der Waals surface area contributed by atoms with Crippen molar-refractivity contribution in [3.8, 4) is 11.6 Å². The van der Waals surface area contributed by atoms with Gasteiger partial charge in [0.25, 0.3) is 0 Å². The Morgan fingerprint density at radius 3 is 2.89 bits per heavy atom. The zero-order valence-electron chi connectivity index (χ0n) is 10.4. The summed E-state index contributed by atoms with van der Waals surface area (Å²) in [5.41, 5.74) is 6.65. The van der Waals surface area contributed by atoms with Gasteiger partial charge in [0.05, 0.1) is 5.02 Å². The van der Waals surface area contributed by atoms with E-state index in [0.29, 0.717) is 18.1 Å². The van der Waals surface area contributed by atoms with Crippen molar-refractivity contribution in [3.63, 3.8) is 0 Å². The predicted molar refractivity (Wildman–Crippen MR) is 73.1 cm³/mol. The van der Waals surface area contributed by atoms with Crippen LogP contribution in [0.3, 0.4) is 0 Å². The topological polar surface area (TPSA) is 48.1 Å². The summed E-state index contributed by atoms with van der Waals surface area (Å²) in [6.07, 6.45) is 2.26. The molecule has 1 aromatic heterocycles. The van der Waals surface area contributed by atoms with Crippen molar-refractivity contribution >= 4 is 11.6 Å². The van der Waals surface area contributed by atoms with Crippen LogP contribution in [0.2, 0.25) is 5.02 Å². The van der Waals surface area contributed by atoms with E-state index in [-0.39, 0.29) is 11.1 Å². The zero-order valence-corrected chi connectivity index (χ0v) is 11.2. The third-order valence-corrected chi connectivity index (χ3v) is 2.80. The lowest BCUT2D eigenvalue weighted by Gasteiger charge is -2.11. The Kier molecular flexibility index (Phi) is 4.35. The molecule has 1 aromatic carbocycles. The predicted octanol–water partition coefficient (Wildman–Crippen LogP) is 3.56. The fourth-order valence-electron chi connectivity index (χ4n) is 1.67. The van der Waals surface area contributed by atoms with Crippen LogP contribution in [0.5, 0.6) is 11.6 Å². The average molecular weight is 281 g/mol. The molecule has 3 nitrogen and oxygen atoms in total. The average Bonchev–Trinajstić information content (AvgIpc) is 2.36. The van der Waals surface area contributed by atoms with Crippen molar-refractivity contribution in [2.75, 3.05) is 0 Å². The van der Waals surface area contributed by atoms with Gasteiger partial charge in [0.2, 0.25) is 5.88 Å². The fourth-order valence-corrected chi connectivity index (χ4v) is 1.79. The van der Waals surface area contributed by atoms with Gasteiger partial charge >= 0.3 is 0 Å². The van der Waals surface area contributed by atoms with Gasteiger partial charge in [-0.3, -0.25) is 0 Å². The minimum absolute atomic E-state index is 0.00601. The number of pyridine rings is 1. The third-order valence-electron chi connectivity index (χ3n) is 2.50. The van der Waals surface area contributed by atoms with Gasteiger partial charge in [-0.1, -0.05) is 17.7 Å². The number of hydrogen-bond acceptors (Lipinski definition) is 3. The second-order valence-electron chi connectivity index (χ2n) is 4.33. The molecule has 0 aliphatic rings. The Balaban J connectivity index is 2.25. The summed E-state index contributed by atoms with van der Waals surface area (Å²) in [4.78, 5) is 4.15. The van der Waals surface area contributed by atoms with Crippen LogP contribution in [-0.4, -0.2) is 11.0 Å². The lowest BCUT2D eigenvalue weighted by Crippen LogP contribution is -2.18. The van der Waals surface area contributed by atoms with E-state index in [2.05, 4.69) is 4.98 Å². The first-order valence-electron chi connectivity index (χ1n) is 5.88. The van der Waals surface area contributed by atoms with Gasteiger partial charge in [0, 0.05) is 23.9 Å². The Labute approximate surface area is 116 Å². The molecule has 2 N–H and O–H groups in total. The monoisotopic (exact) mass is 280 g/mol. The maximum Gasteiger partial charge on any atom is 0.222 e. The molecule has 1 heterocycles. The van der Waals surface area contributed by atoms with Crippen molar-refractivity contribution in [1.82, 2.24) is 4.98 Å². The highest BCUT2D eigenvalue weighted by Gasteiger charge is 2.09. The number of hydrogen-bond donors (Lipinski definition) is 1. The quantitative estimate of drug-likeness (QED) is 0.931. The van der Waals surface area contributed by atoms with Gasteiger partial charge in [0.15, 0.2) is 0 Å². The van der Waals surface area contributed by atoms with Crippen molar-refractivity contribution in [2.24, 2.45) is 5.73 Å². The van der Waals surface area contributed by atoms with E-state index in [1.807, 2.05) is 19.1 Å². The van der Waals surface area contributed by atoms with Crippen molar-refractivity contribution in [1.29, 1.82) is 0 Å². The van der Waals surface area contributed by atoms with Crippen LogP contribution >= 0.6 is 11.6 Å². The van der Waals surface area contributed by atoms with Crippen molar-refractivity contribution in [3.05, 3.63) is 52.9 Å². The fraction of sp³-hybridized carbons (Fsp3) is 0.214. The highest BCUT2D eigenvalue weighted by atomic mass is 35.5. The van der Waals surface area contributed by atoms with Crippen LogP contribution in [0.1, 0.15) is 12.5 Å². The number of nitrogens with two attached hydrogens (primary N) is 1. The number of nitrogens with zero attached hydrogens (tertiary/aromatic N) is 1. The van der Waals surface area contributed by atoms with Gasteiger partial charge in [0.1, 0.15) is 11.6 Å². The summed E-state index contributed by atoms with van der Waals surface area (Å²) >= 11 is 5.62. The summed E-state index contributed by atoms with van der Waals surface area (Å²) in [7, 11) is 0. The first-order valence-corrected chi connectivity index (χ1v) is 6.26. The maximum absolute atomic E-state index is 13.3. The Morgan fingerprint density at radius 2 is 2.21 bits per heavy atom. The molecule has 0 bridgehead atoms. The van der Waals surface area contributed by atoms with Gasteiger partial charge in [-0.05, 0) is 31.5 Å². The first kappa shape index (κ1) is 13.8. The third kappa shape index (κ3) is 3.66. The molecule has 0 aliphatic heterocycles. The summed E-state index contributed by atoms with van der Waals surface area (Å²) < 4.78 is 18.9. The summed E-state index contributed by atoms with van der Waals surface area (Å²) in [5.74, 6) is 0.261. The van der Waals surface area contributed by atoms with E-state index in [4.69, 9.17) is 22.1 Å². The minimum Gasteiger partial charge on any atom is -0.439 e. The lowest BCUT2D eigenvalue weighted by atomic mass is 10.1. The summed E-state index contributed by atoms with van der Waals surface area (Å²) in [6, 6.07) is 7.96. The smallest absolute Gasteiger partial charge is 0.222 e. The van der Waals surface area contributed by atoms with E-state index in [1.165, 1.54) is 12.1 Å². The Hall–Kier alpha value is -1.65. The second kappa shape index (κ2) is 5.99. The number of ether oxygens (including phenoxy) is 1. The van der Waals surface area contributed by atoms with Crippen LogP contribution in [0.25, 0.3) is 0 Å². The lowest BCUT2D eigenvalue weighted by molar-refractivity contribution is 0.449. The molecule has 5 heteroatoms. The van der Waals surface area contributed by atoms with Crippen LogP contribution < -0.4 is 10.5 Å². The molecule has 19 heavy (non-hydrogen) atoms. The van der Waals surface area contributed by atoms with Crippen molar-refractivity contribution in [2.45, 2.75) is 19.4 Å². The highest BCUT2D eigenvalue weighted by molar-refractivity contribution is 6.30. The largest absolute Gasteiger partial charge is 0.439 e. The summed E-state index contributed by atoms with van der Waals surface area (Å²) in [6.45, 7) is 1.90. The van der Waals surface area contributed by atoms with Crippen molar-refractivity contribution < 1.29 is 9.13 Å². The van der Waals surface area contributed by atoms with Crippen LogP contribution in [0.15, 0.2) is 36.5 Å². The summed E-state index contributed by atoms with van der Waals surface area (Å²) in [5, 5.41) is 0.0594. The molecule has 0 saturated heterocycles. The van der Waals surface area contributed by atoms with Crippen LogP contribution in [0.4, 0.5) is 4.39 Å². The molecular formula is C14H14ClFN2O. The Morgan fingerprint density at radius 1 is 1.42 bits per heavy atom. The normalized spacial score (nSPS) is 12.2. The van der Waals surface area contributed by atoms with E-state index in [9.17, 15) is 4.39 Å². The number of aromatic nitrogens is 1. The van der Waals surface area contributed by atoms with Gasteiger partial charge in [-0.25, -0.2) is 9.37 Å². The van der Waals surface area contributed by atoms with Crippen LogP contribution in [-0.2, 0) is 6.42 Å². The van der Waals surface area contributed by atoms with E-state index in [1.54, 1.807) is 12.3 Å². The Bertz CT molecular complexity index is 575. The van der Waals surface area contributed by atoms with Gasteiger partial charge in [-0.15, -0.1) is 0 Å². The molecule has 2 rings (SSSR count). The van der Waals surface area contributed by atoms with Gasteiger partial charge in [-0.2, -0.15) is 0 Å². The molecule has 0 spiro atoms. The number of benzene rings is 1. The molecule has 0 radical (unpaired) electrons. The zero-order chi connectivity index (χ0) is 13.8. The second-order valence-corrected chi connectivity index (χ2v) is 4.73. The molecule has 2 aromatic rings. The minimum atomic E-state index is -0.524. The highest BCUT2D eigenvalue weighted by Crippen LogP contribution is 2.26. The number of rotatable bonds is 4. The molecule has 0 fully saturated rings. The molecule has 1 atom stereocenters. The molecule has 100 valence electrons. The molecular weight excluding hydrogens is 267 g/mol. The molecule has 1 unspecified atom stereocenters. The van der Waals surface area contributed by atoms with Gasteiger partial charge < -0.3 is 10.5 Å². The molecule has 0 aliphatic carbocycles. The number of halogens is 2. The van der Waals surface area contributed by atoms with Crippen LogP contribution in [0, 0.1) is 5.82 Å². The SMILES string of the molecule is CC(N)Cc1cccnc1Oc1ccc(Cl)c(F)c1. The maximum atomic E-state index is 13.3. The molecule has 0 amide bonds. The van der Waals surface area contributed by atoms with E-state index >= 15 is 0 Å². The molecule has 0 saturated carbocycles.